The maximum Gasteiger partial charge on any atom is 0.201 e. The Morgan fingerprint density at radius 2 is 1.67 bits per heavy atom. The fraction of sp³-hybridized carbons (Fsp3) is 0.417. The van der Waals surface area contributed by atoms with Gasteiger partial charge in [-0.15, -0.1) is 0 Å². The molecule has 27 heavy (non-hydrogen) atoms. The highest BCUT2D eigenvalue weighted by atomic mass is 19.2. The third-order valence-corrected chi connectivity index (χ3v) is 5.68. The van der Waals surface area contributed by atoms with Crippen molar-refractivity contribution < 1.29 is 13.5 Å². The fourth-order valence-corrected chi connectivity index (χ4v) is 3.98. The molecule has 0 aromatic heterocycles. The molecular formula is C24H28F2O. The van der Waals surface area contributed by atoms with Gasteiger partial charge in [-0.25, -0.2) is 4.39 Å². The van der Waals surface area contributed by atoms with E-state index in [1.54, 1.807) is 19.1 Å². The highest BCUT2D eigenvalue weighted by Crippen LogP contribution is 2.38. The van der Waals surface area contributed by atoms with Gasteiger partial charge in [-0.05, 0) is 81.4 Å². The number of hydrogen-bond acceptors (Lipinski definition) is 1. The summed E-state index contributed by atoms with van der Waals surface area (Å²) in [6.07, 6.45) is 9.15. The number of aryl methyl sites for hydroxylation is 2. The summed E-state index contributed by atoms with van der Waals surface area (Å²) >= 11 is 0. The Bertz CT molecular complexity index is 772. The largest absolute Gasteiger partial charge is 0.462 e. The Morgan fingerprint density at radius 3 is 2.33 bits per heavy atom. The molecule has 1 fully saturated rings. The van der Waals surface area contributed by atoms with Crippen LogP contribution < -0.4 is 4.74 Å². The van der Waals surface area contributed by atoms with Crippen molar-refractivity contribution in [3.8, 4) is 5.75 Å². The average Bonchev–Trinajstić information content (AvgIpc) is 2.69. The second-order valence-corrected chi connectivity index (χ2v) is 7.61. The first-order valence-electron chi connectivity index (χ1n) is 9.89. The molecule has 0 bridgehead atoms. The highest BCUT2D eigenvalue weighted by Gasteiger charge is 2.23. The van der Waals surface area contributed by atoms with Gasteiger partial charge in [-0.2, -0.15) is 4.39 Å². The first kappa shape index (κ1) is 19.6. The maximum atomic E-state index is 14.3. The van der Waals surface area contributed by atoms with Crippen LogP contribution in [0.5, 0.6) is 5.75 Å². The average molecular weight is 370 g/mol. The van der Waals surface area contributed by atoms with E-state index < -0.39 is 11.6 Å². The first-order valence-corrected chi connectivity index (χ1v) is 9.89. The lowest BCUT2D eigenvalue weighted by Gasteiger charge is -2.29. The van der Waals surface area contributed by atoms with Gasteiger partial charge in [0.05, 0.1) is 6.26 Å². The zero-order valence-electron chi connectivity index (χ0n) is 16.2. The van der Waals surface area contributed by atoms with Crippen LogP contribution >= 0.6 is 0 Å². The summed E-state index contributed by atoms with van der Waals surface area (Å²) in [4.78, 5) is 0. The summed E-state index contributed by atoms with van der Waals surface area (Å²) in [5.74, 6) is -0.501. The molecule has 144 valence electrons. The van der Waals surface area contributed by atoms with Crippen molar-refractivity contribution in [2.24, 2.45) is 5.92 Å². The van der Waals surface area contributed by atoms with E-state index >= 15 is 0 Å². The van der Waals surface area contributed by atoms with Crippen molar-refractivity contribution in [3.05, 3.63) is 77.1 Å². The minimum Gasteiger partial charge on any atom is -0.462 e. The molecular weight excluding hydrogens is 342 g/mol. The molecule has 0 amide bonds. The van der Waals surface area contributed by atoms with Crippen molar-refractivity contribution in [3.63, 3.8) is 0 Å². The van der Waals surface area contributed by atoms with Crippen molar-refractivity contribution in [1.82, 2.24) is 0 Å². The summed E-state index contributed by atoms with van der Waals surface area (Å²) < 4.78 is 33.4. The van der Waals surface area contributed by atoms with E-state index in [1.807, 2.05) is 0 Å². The fourth-order valence-electron chi connectivity index (χ4n) is 3.98. The number of allylic oxidation sites excluding steroid dienone is 1. The summed E-state index contributed by atoms with van der Waals surface area (Å²) in [6.45, 7) is 3.87. The first-order chi connectivity index (χ1) is 13.1. The van der Waals surface area contributed by atoms with Crippen LogP contribution in [0.2, 0.25) is 0 Å². The molecule has 2 aromatic rings. The zero-order valence-corrected chi connectivity index (χ0v) is 16.2. The van der Waals surface area contributed by atoms with Gasteiger partial charge < -0.3 is 4.74 Å². The quantitative estimate of drug-likeness (QED) is 0.493. The molecule has 0 aliphatic heterocycles. The molecule has 2 aromatic carbocycles. The van der Waals surface area contributed by atoms with E-state index in [0.29, 0.717) is 23.8 Å². The van der Waals surface area contributed by atoms with Crippen LogP contribution in [0.3, 0.4) is 0 Å². The molecule has 1 saturated carbocycles. The highest BCUT2D eigenvalue weighted by molar-refractivity contribution is 5.32. The van der Waals surface area contributed by atoms with Gasteiger partial charge in [0.25, 0.3) is 0 Å². The molecule has 3 rings (SSSR count). The number of hydrogen-bond donors (Lipinski definition) is 0. The lowest BCUT2D eigenvalue weighted by atomic mass is 9.77. The molecule has 1 aliphatic carbocycles. The summed E-state index contributed by atoms with van der Waals surface area (Å²) in [6, 6.07) is 12.0. The third-order valence-electron chi connectivity index (χ3n) is 5.68. The molecule has 0 heterocycles. The van der Waals surface area contributed by atoms with Crippen molar-refractivity contribution in [2.45, 2.75) is 58.3 Å². The van der Waals surface area contributed by atoms with E-state index in [4.69, 9.17) is 4.74 Å². The van der Waals surface area contributed by atoms with Crippen molar-refractivity contribution in [2.75, 3.05) is 0 Å². The zero-order chi connectivity index (χ0) is 19.2. The normalized spacial score (nSPS) is 20.1. The summed E-state index contributed by atoms with van der Waals surface area (Å²) in [5, 5.41) is 0. The van der Waals surface area contributed by atoms with Gasteiger partial charge in [0.1, 0.15) is 0 Å². The summed E-state index contributed by atoms with van der Waals surface area (Å²) in [7, 11) is 0. The summed E-state index contributed by atoms with van der Waals surface area (Å²) in [5.41, 5.74) is 3.17. The number of rotatable bonds is 6. The minimum atomic E-state index is -0.895. The van der Waals surface area contributed by atoms with E-state index in [-0.39, 0.29) is 5.75 Å². The third kappa shape index (κ3) is 4.97. The standard InChI is InChI=1S/C24H28F2O/c1-3-16-27-22-15-14-21(23(25)24(22)26)13-8-18-6-11-20(12-7-18)19-9-4-17(2)5-10-19/h3-5,9-10,14-16,18,20H,6-8,11-13H2,1-2H3. The Balaban J connectivity index is 1.53. The molecule has 3 heteroatoms. The van der Waals surface area contributed by atoms with Crippen LogP contribution in [0.1, 0.15) is 61.6 Å². The van der Waals surface area contributed by atoms with Crippen LogP contribution in [0, 0.1) is 24.5 Å². The van der Waals surface area contributed by atoms with Crippen LogP contribution in [-0.4, -0.2) is 0 Å². The Labute approximate surface area is 161 Å². The smallest absolute Gasteiger partial charge is 0.201 e. The van der Waals surface area contributed by atoms with Crippen molar-refractivity contribution in [1.29, 1.82) is 0 Å². The van der Waals surface area contributed by atoms with Gasteiger partial charge in [-0.1, -0.05) is 42.0 Å². The second-order valence-electron chi connectivity index (χ2n) is 7.61. The molecule has 0 N–H and O–H groups in total. The van der Waals surface area contributed by atoms with E-state index in [2.05, 4.69) is 31.2 Å². The van der Waals surface area contributed by atoms with Crippen LogP contribution in [0.15, 0.2) is 48.7 Å². The van der Waals surface area contributed by atoms with Gasteiger partial charge in [0, 0.05) is 0 Å². The van der Waals surface area contributed by atoms with Gasteiger partial charge in [-0.3, -0.25) is 0 Å². The Morgan fingerprint density at radius 1 is 0.963 bits per heavy atom. The van der Waals surface area contributed by atoms with Crippen LogP contribution in [0.4, 0.5) is 8.78 Å². The lowest BCUT2D eigenvalue weighted by Crippen LogP contribution is -2.14. The van der Waals surface area contributed by atoms with Gasteiger partial charge >= 0.3 is 0 Å². The lowest BCUT2D eigenvalue weighted by molar-refractivity contribution is 0.309. The molecule has 1 nitrogen and oxygen atoms in total. The maximum absolute atomic E-state index is 14.3. The molecule has 1 aliphatic rings. The minimum absolute atomic E-state index is 0.0621. The van der Waals surface area contributed by atoms with E-state index in [1.165, 1.54) is 36.3 Å². The number of benzene rings is 2. The molecule has 0 saturated heterocycles. The number of ether oxygens (including phenoxy) is 1. The topological polar surface area (TPSA) is 9.23 Å². The van der Waals surface area contributed by atoms with Gasteiger partial charge in [0.2, 0.25) is 5.82 Å². The predicted octanol–water partition coefficient (Wildman–Crippen LogP) is 7.09. The monoisotopic (exact) mass is 370 g/mol. The predicted molar refractivity (Wildman–Crippen MR) is 106 cm³/mol. The van der Waals surface area contributed by atoms with Crippen LogP contribution in [-0.2, 0) is 6.42 Å². The SMILES string of the molecule is CC=COc1ccc(CCC2CCC(c3ccc(C)cc3)CC2)c(F)c1F. The number of halogens is 2. The Hall–Kier alpha value is -2.16. The van der Waals surface area contributed by atoms with E-state index in [0.717, 1.165) is 19.3 Å². The van der Waals surface area contributed by atoms with Crippen molar-refractivity contribution >= 4 is 0 Å². The van der Waals surface area contributed by atoms with Crippen LogP contribution in [0.25, 0.3) is 0 Å². The molecule has 0 spiro atoms. The Kier molecular flexibility index (Phi) is 6.65. The molecule has 0 radical (unpaired) electrons. The van der Waals surface area contributed by atoms with E-state index in [9.17, 15) is 8.78 Å². The van der Waals surface area contributed by atoms with Gasteiger partial charge in [0.15, 0.2) is 11.6 Å². The molecule has 0 atom stereocenters. The molecule has 0 unspecified atom stereocenters. The second kappa shape index (κ2) is 9.16.